The van der Waals surface area contributed by atoms with Crippen molar-refractivity contribution in [3.63, 3.8) is 0 Å². The van der Waals surface area contributed by atoms with Crippen molar-refractivity contribution in [2.24, 2.45) is 0 Å². The van der Waals surface area contributed by atoms with Crippen LogP contribution in [0.2, 0.25) is 0 Å². The predicted octanol–water partition coefficient (Wildman–Crippen LogP) is 4.91. The molecule has 0 bridgehead atoms. The Hall–Kier alpha value is -2.25. The standard InChI is InChI=1S/C19H18BrN3O2S/c1-11-4-6-14(7-5-11)18-22-23-19(26-18)21-16(24)10-25-15-8-12(2)17(20)13(3)9-15/h4-9H,10H2,1-3H3,(H,21,23,24). The van der Waals surface area contributed by atoms with Crippen LogP contribution in [0.1, 0.15) is 16.7 Å². The van der Waals surface area contributed by atoms with E-state index in [0.29, 0.717) is 10.9 Å². The van der Waals surface area contributed by atoms with E-state index in [9.17, 15) is 4.79 Å². The fourth-order valence-electron chi connectivity index (χ4n) is 2.38. The number of nitrogens with zero attached hydrogens (tertiary/aromatic N) is 2. The second-order valence-corrected chi connectivity index (χ2v) is 7.76. The van der Waals surface area contributed by atoms with E-state index in [2.05, 4.69) is 31.4 Å². The highest BCUT2D eigenvalue weighted by Gasteiger charge is 2.11. The summed E-state index contributed by atoms with van der Waals surface area (Å²) in [6.07, 6.45) is 0. The van der Waals surface area contributed by atoms with E-state index in [1.807, 2.05) is 57.2 Å². The predicted molar refractivity (Wildman–Crippen MR) is 108 cm³/mol. The number of anilines is 1. The normalized spacial score (nSPS) is 10.6. The van der Waals surface area contributed by atoms with Crippen LogP contribution in [0.3, 0.4) is 0 Å². The lowest BCUT2D eigenvalue weighted by Crippen LogP contribution is -2.20. The number of hydrogen-bond acceptors (Lipinski definition) is 5. The minimum absolute atomic E-state index is 0.0834. The molecule has 1 aromatic heterocycles. The average Bonchev–Trinajstić information content (AvgIpc) is 3.06. The molecule has 3 aromatic rings. The molecule has 1 N–H and O–H groups in total. The van der Waals surface area contributed by atoms with Gasteiger partial charge in [-0.3, -0.25) is 10.1 Å². The molecule has 0 atom stereocenters. The van der Waals surface area contributed by atoms with Gasteiger partial charge in [0.2, 0.25) is 5.13 Å². The van der Waals surface area contributed by atoms with E-state index in [1.54, 1.807) is 0 Å². The number of aromatic nitrogens is 2. The Balaban J connectivity index is 1.59. The lowest BCUT2D eigenvalue weighted by atomic mass is 10.1. The molecule has 0 saturated heterocycles. The first-order valence-electron chi connectivity index (χ1n) is 8.02. The summed E-state index contributed by atoms with van der Waals surface area (Å²) in [7, 11) is 0. The molecule has 0 aliphatic carbocycles. The van der Waals surface area contributed by atoms with Crippen LogP contribution in [0.5, 0.6) is 5.75 Å². The van der Waals surface area contributed by atoms with Crippen molar-refractivity contribution in [1.29, 1.82) is 0 Å². The fraction of sp³-hybridized carbons (Fsp3) is 0.211. The summed E-state index contributed by atoms with van der Waals surface area (Å²) in [4.78, 5) is 12.1. The molecule has 0 saturated carbocycles. The molecule has 7 heteroatoms. The molecule has 1 amide bonds. The number of amides is 1. The van der Waals surface area contributed by atoms with Crippen LogP contribution in [0.4, 0.5) is 5.13 Å². The van der Waals surface area contributed by atoms with Gasteiger partial charge in [-0.25, -0.2) is 0 Å². The first-order chi connectivity index (χ1) is 12.4. The first-order valence-corrected chi connectivity index (χ1v) is 9.63. The van der Waals surface area contributed by atoms with Crippen molar-refractivity contribution in [2.75, 3.05) is 11.9 Å². The monoisotopic (exact) mass is 431 g/mol. The summed E-state index contributed by atoms with van der Waals surface area (Å²) in [5.74, 6) is 0.394. The zero-order valence-corrected chi connectivity index (χ0v) is 17.1. The smallest absolute Gasteiger partial charge is 0.264 e. The van der Waals surface area contributed by atoms with Gasteiger partial charge in [0, 0.05) is 10.0 Å². The van der Waals surface area contributed by atoms with E-state index in [4.69, 9.17) is 4.74 Å². The lowest BCUT2D eigenvalue weighted by Gasteiger charge is -2.09. The molecule has 0 aliphatic heterocycles. The highest BCUT2D eigenvalue weighted by molar-refractivity contribution is 9.10. The van der Waals surface area contributed by atoms with Crippen LogP contribution in [-0.4, -0.2) is 22.7 Å². The Morgan fingerprint density at radius 2 is 1.77 bits per heavy atom. The van der Waals surface area contributed by atoms with Gasteiger partial charge >= 0.3 is 0 Å². The Labute approximate surface area is 164 Å². The van der Waals surface area contributed by atoms with Crippen LogP contribution < -0.4 is 10.1 Å². The molecule has 1 heterocycles. The minimum Gasteiger partial charge on any atom is -0.484 e. The van der Waals surface area contributed by atoms with Crippen molar-refractivity contribution in [3.8, 4) is 16.3 Å². The van der Waals surface area contributed by atoms with Crippen LogP contribution in [0.15, 0.2) is 40.9 Å². The van der Waals surface area contributed by atoms with Gasteiger partial charge < -0.3 is 4.74 Å². The number of aryl methyl sites for hydroxylation is 3. The Bertz CT molecular complexity index is 915. The van der Waals surface area contributed by atoms with Crippen molar-refractivity contribution < 1.29 is 9.53 Å². The van der Waals surface area contributed by atoms with Crippen LogP contribution in [0.25, 0.3) is 10.6 Å². The van der Waals surface area contributed by atoms with Gasteiger partial charge in [0.05, 0.1) is 0 Å². The van der Waals surface area contributed by atoms with E-state index in [-0.39, 0.29) is 12.5 Å². The third-order valence-corrected chi connectivity index (χ3v) is 5.89. The molecule has 2 aromatic carbocycles. The Kier molecular flexibility index (Phi) is 5.68. The number of benzene rings is 2. The highest BCUT2D eigenvalue weighted by Crippen LogP contribution is 2.27. The van der Waals surface area contributed by atoms with E-state index >= 15 is 0 Å². The molecule has 3 rings (SSSR count). The maximum absolute atomic E-state index is 12.1. The third-order valence-electron chi connectivity index (χ3n) is 3.75. The molecule has 0 radical (unpaired) electrons. The van der Waals surface area contributed by atoms with Crippen LogP contribution >= 0.6 is 27.3 Å². The van der Waals surface area contributed by atoms with Crippen LogP contribution in [0, 0.1) is 20.8 Å². The molecule has 5 nitrogen and oxygen atoms in total. The lowest BCUT2D eigenvalue weighted by molar-refractivity contribution is -0.118. The largest absolute Gasteiger partial charge is 0.484 e. The van der Waals surface area contributed by atoms with Gasteiger partial charge in [-0.1, -0.05) is 57.1 Å². The van der Waals surface area contributed by atoms with E-state index in [1.165, 1.54) is 16.9 Å². The van der Waals surface area contributed by atoms with Gasteiger partial charge in [-0.05, 0) is 44.0 Å². The second kappa shape index (κ2) is 7.97. The van der Waals surface area contributed by atoms with Crippen molar-refractivity contribution in [1.82, 2.24) is 10.2 Å². The molecule has 134 valence electrons. The van der Waals surface area contributed by atoms with Crippen molar-refractivity contribution >= 4 is 38.3 Å². The summed E-state index contributed by atoms with van der Waals surface area (Å²) in [5, 5.41) is 12.1. The summed E-state index contributed by atoms with van der Waals surface area (Å²) in [6.45, 7) is 5.92. The summed E-state index contributed by atoms with van der Waals surface area (Å²) in [5.41, 5.74) is 4.28. The number of halogens is 1. The summed E-state index contributed by atoms with van der Waals surface area (Å²) < 4.78 is 6.63. The second-order valence-electron chi connectivity index (χ2n) is 5.99. The number of carbonyl (C=O) groups excluding carboxylic acids is 1. The number of rotatable bonds is 5. The van der Waals surface area contributed by atoms with Gasteiger partial charge in [-0.15, -0.1) is 10.2 Å². The highest BCUT2D eigenvalue weighted by atomic mass is 79.9. The van der Waals surface area contributed by atoms with E-state index in [0.717, 1.165) is 26.2 Å². The minimum atomic E-state index is -0.269. The third kappa shape index (κ3) is 4.47. The number of ether oxygens (including phenoxy) is 1. The number of nitrogens with one attached hydrogen (secondary N) is 1. The van der Waals surface area contributed by atoms with E-state index < -0.39 is 0 Å². The zero-order chi connectivity index (χ0) is 18.7. The maximum Gasteiger partial charge on any atom is 0.264 e. The number of hydrogen-bond donors (Lipinski definition) is 1. The summed E-state index contributed by atoms with van der Waals surface area (Å²) >= 11 is 4.85. The van der Waals surface area contributed by atoms with Gasteiger partial charge in [0.15, 0.2) is 6.61 Å². The van der Waals surface area contributed by atoms with Crippen molar-refractivity contribution in [3.05, 3.63) is 57.6 Å². The first kappa shape index (κ1) is 18.5. The van der Waals surface area contributed by atoms with Crippen LogP contribution in [-0.2, 0) is 4.79 Å². The Morgan fingerprint density at radius 3 is 2.42 bits per heavy atom. The maximum atomic E-state index is 12.1. The SMILES string of the molecule is Cc1ccc(-c2nnc(NC(=O)COc3cc(C)c(Br)c(C)c3)s2)cc1. The fourth-order valence-corrected chi connectivity index (χ4v) is 3.37. The van der Waals surface area contributed by atoms with Gasteiger partial charge in [-0.2, -0.15) is 0 Å². The zero-order valence-electron chi connectivity index (χ0n) is 14.7. The molecule has 26 heavy (non-hydrogen) atoms. The average molecular weight is 432 g/mol. The molecule has 0 fully saturated rings. The quantitative estimate of drug-likeness (QED) is 0.622. The summed E-state index contributed by atoms with van der Waals surface area (Å²) in [6, 6.07) is 11.8. The van der Waals surface area contributed by atoms with Gasteiger partial charge in [0.25, 0.3) is 5.91 Å². The molecular weight excluding hydrogens is 414 g/mol. The molecule has 0 aliphatic rings. The Morgan fingerprint density at radius 1 is 1.12 bits per heavy atom. The molecule has 0 unspecified atom stereocenters. The van der Waals surface area contributed by atoms with Crippen molar-refractivity contribution in [2.45, 2.75) is 20.8 Å². The number of carbonyl (C=O) groups is 1. The topological polar surface area (TPSA) is 64.1 Å². The molecular formula is C19H18BrN3O2S. The molecule has 0 spiro atoms. The van der Waals surface area contributed by atoms with Gasteiger partial charge in [0.1, 0.15) is 10.8 Å².